The molecule has 1 rings (SSSR count). The van der Waals surface area contributed by atoms with Gasteiger partial charge in [0.15, 0.2) is 0 Å². The van der Waals surface area contributed by atoms with Crippen molar-refractivity contribution in [1.82, 2.24) is 10.3 Å². The highest BCUT2D eigenvalue weighted by Crippen LogP contribution is 2.07. The van der Waals surface area contributed by atoms with Crippen molar-refractivity contribution >= 4 is 0 Å². The van der Waals surface area contributed by atoms with Gasteiger partial charge in [0.05, 0.1) is 0 Å². The van der Waals surface area contributed by atoms with E-state index >= 15 is 0 Å². The van der Waals surface area contributed by atoms with Crippen LogP contribution in [0.2, 0.25) is 0 Å². The first kappa shape index (κ1) is 7.98. The Balaban J connectivity index is 2.26. The molecule has 1 saturated heterocycles. The maximum atomic E-state index is 5.35. The summed E-state index contributed by atoms with van der Waals surface area (Å²) in [6.45, 7) is 2.40. The zero-order valence-corrected chi connectivity index (χ0v) is 6.64. The van der Waals surface area contributed by atoms with E-state index in [1.807, 2.05) is 0 Å². The fourth-order valence-corrected chi connectivity index (χ4v) is 1.41. The minimum absolute atomic E-state index is 0.546. The molecule has 0 aromatic rings. The summed E-state index contributed by atoms with van der Waals surface area (Å²) in [5.74, 6) is 5.35. The Morgan fingerprint density at radius 2 is 2.20 bits per heavy atom. The number of rotatable bonds is 1. The molecule has 1 fully saturated rings. The second-order valence-electron chi connectivity index (χ2n) is 3.10. The van der Waals surface area contributed by atoms with Crippen molar-refractivity contribution in [3.8, 4) is 0 Å². The van der Waals surface area contributed by atoms with Gasteiger partial charge in [-0.15, -0.1) is 0 Å². The Morgan fingerprint density at radius 3 is 2.90 bits per heavy atom. The molecule has 3 N–H and O–H groups in total. The number of hydrogen-bond donors (Lipinski definition) is 2. The first-order valence-corrected chi connectivity index (χ1v) is 3.97. The zero-order valence-electron chi connectivity index (χ0n) is 6.64. The Labute approximate surface area is 62.5 Å². The largest absolute Gasteiger partial charge is 0.306 e. The molecule has 0 amide bonds. The van der Waals surface area contributed by atoms with Crippen molar-refractivity contribution in [2.24, 2.45) is 5.84 Å². The molecule has 0 aromatic carbocycles. The van der Waals surface area contributed by atoms with Gasteiger partial charge in [-0.1, -0.05) is 0 Å². The molecule has 3 heteroatoms. The molecule has 1 atom stereocenters. The molecule has 10 heavy (non-hydrogen) atoms. The van der Waals surface area contributed by atoms with Crippen LogP contribution in [0.15, 0.2) is 0 Å². The zero-order chi connectivity index (χ0) is 7.40. The van der Waals surface area contributed by atoms with Gasteiger partial charge in [-0.3, -0.25) is 11.3 Å². The van der Waals surface area contributed by atoms with Gasteiger partial charge in [-0.05, 0) is 39.4 Å². The molecule has 1 aliphatic heterocycles. The normalized spacial score (nSPS) is 30.0. The summed E-state index contributed by atoms with van der Waals surface area (Å²) in [5, 5.41) is 0. The van der Waals surface area contributed by atoms with Crippen LogP contribution in [-0.4, -0.2) is 31.1 Å². The topological polar surface area (TPSA) is 41.3 Å². The fourth-order valence-electron chi connectivity index (χ4n) is 1.41. The highest BCUT2D eigenvalue weighted by atomic mass is 15.2. The first-order valence-electron chi connectivity index (χ1n) is 3.97. The SMILES string of the molecule is CN1CCCC(NN)CC1. The van der Waals surface area contributed by atoms with Crippen LogP contribution in [0.25, 0.3) is 0 Å². The number of nitrogens with one attached hydrogen (secondary N) is 1. The second kappa shape index (κ2) is 3.91. The standard InChI is InChI=1S/C7H17N3/c1-10-5-2-3-7(9-8)4-6-10/h7,9H,2-6,8H2,1H3. The van der Waals surface area contributed by atoms with Gasteiger partial charge in [0, 0.05) is 6.04 Å². The second-order valence-corrected chi connectivity index (χ2v) is 3.10. The summed E-state index contributed by atoms with van der Waals surface area (Å²) in [6, 6.07) is 0.546. The molecule has 0 saturated carbocycles. The average molecular weight is 143 g/mol. The lowest BCUT2D eigenvalue weighted by Crippen LogP contribution is -2.35. The third kappa shape index (κ3) is 2.25. The number of hydrazine groups is 1. The molecular formula is C7H17N3. The lowest BCUT2D eigenvalue weighted by molar-refractivity contribution is 0.344. The summed E-state index contributed by atoms with van der Waals surface area (Å²) >= 11 is 0. The number of hydrogen-bond acceptors (Lipinski definition) is 3. The van der Waals surface area contributed by atoms with Crippen LogP contribution in [0.1, 0.15) is 19.3 Å². The van der Waals surface area contributed by atoms with E-state index in [0.29, 0.717) is 6.04 Å². The van der Waals surface area contributed by atoms with Crippen LogP contribution in [-0.2, 0) is 0 Å². The summed E-state index contributed by atoms with van der Waals surface area (Å²) in [4.78, 5) is 2.36. The van der Waals surface area contributed by atoms with Crippen LogP contribution in [0.4, 0.5) is 0 Å². The predicted octanol–water partition coefficient (Wildman–Crippen LogP) is -0.0660. The maximum absolute atomic E-state index is 5.35. The van der Waals surface area contributed by atoms with Crippen LogP contribution >= 0.6 is 0 Å². The molecule has 0 bridgehead atoms. The Kier molecular flexibility index (Phi) is 3.12. The van der Waals surface area contributed by atoms with E-state index in [1.165, 1.54) is 32.4 Å². The van der Waals surface area contributed by atoms with Crippen molar-refractivity contribution in [1.29, 1.82) is 0 Å². The molecule has 0 spiro atoms. The maximum Gasteiger partial charge on any atom is 0.0223 e. The summed E-state index contributed by atoms with van der Waals surface area (Å²) < 4.78 is 0. The Morgan fingerprint density at radius 1 is 1.40 bits per heavy atom. The van der Waals surface area contributed by atoms with Gasteiger partial charge in [-0.2, -0.15) is 0 Å². The van der Waals surface area contributed by atoms with E-state index < -0.39 is 0 Å². The van der Waals surface area contributed by atoms with E-state index in [0.717, 1.165) is 0 Å². The van der Waals surface area contributed by atoms with Crippen molar-refractivity contribution in [2.45, 2.75) is 25.3 Å². The average Bonchev–Trinajstić information content (AvgIpc) is 2.14. The molecule has 0 aliphatic carbocycles. The van der Waals surface area contributed by atoms with Crippen molar-refractivity contribution in [3.05, 3.63) is 0 Å². The van der Waals surface area contributed by atoms with Gasteiger partial charge in [0.25, 0.3) is 0 Å². The number of nitrogens with two attached hydrogens (primary N) is 1. The minimum Gasteiger partial charge on any atom is -0.306 e. The van der Waals surface area contributed by atoms with E-state index in [2.05, 4.69) is 17.4 Å². The highest BCUT2D eigenvalue weighted by molar-refractivity contribution is 4.70. The van der Waals surface area contributed by atoms with E-state index in [-0.39, 0.29) is 0 Å². The van der Waals surface area contributed by atoms with Crippen LogP contribution < -0.4 is 11.3 Å². The van der Waals surface area contributed by atoms with Gasteiger partial charge >= 0.3 is 0 Å². The quantitative estimate of drug-likeness (QED) is 0.399. The molecular weight excluding hydrogens is 126 g/mol. The van der Waals surface area contributed by atoms with Crippen LogP contribution in [0, 0.1) is 0 Å². The molecule has 1 aliphatic rings. The van der Waals surface area contributed by atoms with Crippen molar-refractivity contribution in [3.63, 3.8) is 0 Å². The van der Waals surface area contributed by atoms with Gasteiger partial charge in [0.1, 0.15) is 0 Å². The third-order valence-electron chi connectivity index (χ3n) is 2.19. The van der Waals surface area contributed by atoms with Crippen molar-refractivity contribution < 1.29 is 0 Å². The lowest BCUT2D eigenvalue weighted by atomic mass is 10.1. The molecule has 1 heterocycles. The Hall–Kier alpha value is -0.120. The van der Waals surface area contributed by atoms with Gasteiger partial charge in [0.2, 0.25) is 0 Å². The first-order chi connectivity index (χ1) is 4.83. The monoisotopic (exact) mass is 143 g/mol. The fraction of sp³-hybridized carbons (Fsp3) is 1.00. The predicted molar refractivity (Wildman–Crippen MR) is 42.5 cm³/mol. The molecule has 60 valence electrons. The number of likely N-dealkylation sites (tertiary alicyclic amines) is 1. The third-order valence-corrected chi connectivity index (χ3v) is 2.19. The Bertz CT molecular complexity index is 94.9. The smallest absolute Gasteiger partial charge is 0.0223 e. The van der Waals surface area contributed by atoms with Crippen molar-refractivity contribution in [2.75, 3.05) is 20.1 Å². The lowest BCUT2D eigenvalue weighted by Gasteiger charge is -2.13. The molecule has 1 unspecified atom stereocenters. The van der Waals surface area contributed by atoms with E-state index in [1.54, 1.807) is 0 Å². The number of nitrogens with zero attached hydrogens (tertiary/aromatic N) is 1. The summed E-state index contributed by atoms with van der Waals surface area (Å²) in [7, 11) is 2.17. The van der Waals surface area contributed by atoms with Crippen LogP contribution in [0.5, 0.6) is 0 Å². The van der Waals surface area contributed by atoms with E-state index in [4.69, 9.17) is 5.84 Å². The summed E-state index contributed by atoms with van der Waals surface area (Å²) in [6.07, 6.45) is 3.68. The highest BCUT2D eigenvalue weighted by Gasteiger charge is 2.12. The van der Waals surface area contributed by atoms with Gasteiger partial charge < -0.3 is 4.90 Å². The van der Waals surface area contributed by atoms with Crippen LogP contribution in [0.3, 0.4) is 0 Å². The van der Waals surface area contributed by atoms with Gasteiger partial charge in [-0.25, -0.2) is 0 Å². The minimum atomic E-state index is 0.546. The molecule has 0 aromatic heterocycles. The van der Waals surface area contributed by atoms with E-state index in [9.17, 15) is 0 Å². The summed E-state index contributed by atoms with van der Waals surface area (Å²) in [5.41, 5.74) is 2.84. The molecule has 3 nitrogen and oxygen atoms in total. The molecule has 0 radical (unpaired) electrons.